The number of piperidine rings is 1. The van der Waals surface area contributed by atoms with Gasteiger partial charge in [-0.3, -0.25) is 0 Å². The highest BCUT2D eigenvalue weighted by Crippen LogP contribution is 2.22. The molecule has 1 aliphatic rings. The number of hydrogen-bond acceptors (Lipinski definition) is 2. The van der Waals surface area contributed by atoms with Crippen molar-refractivity contribution in [1.29, 1.82) is 0 Å². The first-order chi connectivity index (χ1) is 7.09. The fourth-order valence-electron chi connectivity index (χ4n) is 2.25. The van der Waals surface area contributed by atoms with Gasteiger partial charge in [-0.1, -0.05) is 27.7 Å². The van der Waals surface area contributed by atoms with Gasteiger partial charge >= 0.3 is 0 Å². The molecule has 1 fully saturated rings. The highest BCUT2D eigenvalue weighted by atomic mass is 15.1. The summed E-state index contributed by atoms with van der Waals surface area (Å²) in [5.74, 6) is 1.81. The van der Waals surface area contributed by atoms with Gasteiger partial charge in [-0.05, 0) is 44.3 Å². The van der Waals surface area contributed by atoms with Gasteiger partial charge in [0.05, 0.1) is 0 Å². The second-order valence-corrected chi connectivity index (χ2v) is 5.51. The van der Waals surface area contributed by atoms with Crippen LogP contribution in [0.15, 0.2) is 0 Å². The molecule has 1 heterocycles. The summed E-state index contributed by atoms with van der Waals surface area (Å²) in [4.78, 5) is 2.63. The van der Waals surface area contributed by atoms with E-state index < -0.39 is 0 Å². The fourth-order valence-corrected chi connectivity index (χ4v) is 2.25. The zero-order valence-corrected chi connectivity index (χ0v) is 10.9. The number of nitrogens with one attached hydrogen (secondary N) is 1. The standard InChI is InChI=1S/C13H28N2/c1-11(2)14-7-5-8-15-9-6-12(3)13(4)10-15/h11-14H,5-10H2,1-4H3. The van der Waals surface area contributed by atoms with Crippen molar-refractivity contribution < 1.29 is 0 Å². The first-order valence-electron chi connectivity index (χ1n) is 6.55. The van der Waals surface area contributed by atoms with Crippen LogP contribution >= 0.6 is 0 Å². The molecule has 0 bridgehead atoms. The summed E-state index contributed by atoms with van der Waals surface area (Å²) < 4.78 is 0. The minimum absolute atomic E-state index is 0.630. The predicted molar refractivity (Wildman–Crippen MR) is 67.1 cm³/mol. The quantitative estimate of drug-likeness (QED) is 0.704. The predicted octanol–water partition coefficient (Wildman–Crippen LogP) is 2.35. The lowest BCUT2D eigenvalue weighted by molar-refractivity contribution is 0.137. The summed E-state index contributed by atoms with van der Waals surface area (Å²) in [6.45, 7) is 14.3. The van der Waals surface area contributed by atoms with Crippen molar-refractivity contribution in [2.75, 3.05) is 26.2 Å². The van der Waals surface area contributed by atoms with E-state index in [4.69, 9.17) is 0 Å². The first kappa shape index (κ1) is 13.0. The van der Waals surface area contributed by atoms with Crippen LogP contribution in [0.3, 0.4) is 0 Å². The second kappa shape index (κ2) is 6.49. The number of rotatable bonds is 5. The maximum Gasteiger partial charge on any atom is 0.00103 e. The molecule has 0 aromatic rings. The molecule has 0 radical (unpaired) electrons. The lowest BCUT2D eigenvalue weighted by atomic mass is 9.89. The van der Waals surface area contributed by atoms with Crippen molar-refractivity contribution in [2.24, 2.45) is 11.8 Å². The van der Waals surface area contributed by atoms with E-state index in [9.17, 15) is 0 Å². The van der Waals surface area contributed by atoms with Gasteiger partial charge in [0, 0.05) is 12.6 Å². The molecular formula is C13H28N2. The van der Waals surface area contributed by atoms with Gasteiger partial charge in [-0.2, -0.15) is 0 Å². The van der Waals surface area contributed by atoms with Crippen LogP contribution in [-0.4, -0.2) is 37.1 Å². The molecule has 15 heavy (non-hydrogen) atoms. The lowest BCUT2D eigenvalue weighted by Gasteiger charge is -2.35. The van der Waals surface area contributed by atoms with E-state index in [2.05, 4.69) is 37.9 Å². The van der Waals surface area contributed by atoms with Crippen molar-refractivity contribution in [3.63, 3.8) is 0 Å². The third kappa shape index (κ3) is 4.98. The molecule has 0 amide bonds. The normalized spacial score (nSPS) is 28.6. The van der Waals surface area contributed by atoms with E-state index in [0.29, 0.717) is 6.04 Å². The van der Waals surface area contributed by atoms with Crippen LogP contribution in [0.1, 0.15) is 40.5 Å². The van der Waals surface area contributed by atoms with Gasteiger partial charge in [-0.25, -0.2) is 0 Å². The molecule has 2 heteroatoms. The largest absolute Gasteiger partial charge is 0.314 e. The average Bonchev–Trinajstić information content (AvgIpc) is 2.18. The number of hydrogen-bond donors (Lipinski definition) is 1. The molecule has 90 valence electrons. The van der Waals surface area contributed by atoms with Crippen molar-refractivity contribution in [2.45, 2.75) is 46.6 Å². The van der Waals surface area contributed by atoms with Gasteiger partial charge in [0.25, 0.3) is 0 Å². The molecule has 1 saturated heterocycles. The highest BCUT2D eigenvalue weighted by molar-refractivity contribution is 4.75. The molecule has 2 nitrogen and oxygen atoms in total. The molecule has 1 aliphatic heterocycles. The Morgan fingerprint density at radius 2 is 2.00 bits per heavy atom. The molecule has 1 N–H and O–H groups in total. The minimum Gasteiger partial charge on any atom is -0.314 e. The van der Waals surface area contributed by atoms with E-state index in [1.807, 2.05) is 0 Å². The zero-order chi connectivity index (χ0) is 11.3. The number of likely N-dealkylation sites (tertiary alicyclic amines) is 1. The Labute approximate surface area is 95.4 Å². The Kier molecular flexibility index (Phi) is 5.62. The number of nitrogens with zero attached hydrogens (tertiary/aromatic N) is 1. The summed E-state index contributed by atoms with van der Waals surface area (Å²) >= 11 is 0. The van der Waals surface area contributed by atoms with Crippen molar-refractivity contribution in [3.8, 4) is 0 Å². The van der Waals surface area contributed by atoms with E-state index in [1.165, 1.54) is 32.5 Å². The van der Waals surface area contributed by atoms with Gasteiger partial charge < -0.3 is 10.2 Å². The third-order valence-corrected chi connectivity index (χ3v) is 3.62. The highest BCUT2D eigenvalue weighted by Gasteiger charge is 2.21. The Hall–Kier alpha value is -0.0800. The van der Waals surface area contributed by atoms with Gasteiger partial charge in [-0.15, -0.1) is 0 Å². The van der Waals surface area contributed by atoms with Crippen LogP contribution in [0.5, 0.6) is 0 Å². The van der Waals surface area contributed by atoms with Gasteiger partial charge in [0.15, 0.2) is 0 Å². The maximum atomic E-state index is 3.48. The Bertz CT molecular complexity index is 168. The van der Waals surface area contributed by atoms with Crippen LogP contribution in [-0.2, 0) is 0 Å². The van der Waals surface area contributed by atoms with Crippen molar-refractivity contribution in [3.05, 3.63) is 0 Å². The van der Waals surface area contributed by atoms with Gasteiger partial charge in [0.1, 0.15) is 0 Å². The molecule has 0 spiro atoms. The SMILES string of the molecule is CC(C)NCCCN1CCC(C)C(C)C1. The molecule has 0 saturated carbocycles. The Balaban J connectivity index is 2.07. The van der Waals surface area contributed by atoms with E-state index in [1.54, 1.807) is 0 Å². The zero-order valence-electron chi connectivity index (χ0n) is 10.9. The summed E-state index contributed by atoms with van der Waals surface area (Å²) in [6.07, 6.45) is 2.68. The van der Waals surface area contributed by atoms with Gasteiger partial charge in [0.2, 0.25) is 0 Å². The smallest absolute Gasteiger partial charge is 0.00103 e. The van der Waals surface area contributed by atoms with Crippen LogP contribution in [0.4, 0.5) is 0 Å². The van der Waals surface area contributed by atoms with Crippen molar-refractivity contribution in [1.82, 2.24) is 10.2 Å². The average molecular weight is 212 g/mol. The molecule has 0 aliphatic carbocycles. The third-order valence-electron chi connectivity index (χ3n) is 3.62. The summed E-state index contributed by atoms with van der Waals surface area (Å²) in [5.41, 5.74) is 0. The Morgan fingerprint density at radius 1 is 1.27 bits per heavy atom. The van der Waals surface area contributed by atoms with E-state index in [0.717, 1.165) is 18.4 Å². The molecule has 2 unspecified atom stereocenters. The fraction of sp³-hybridized carbons (Fsp3) is 1.00. The topological polar surface area (TPSA) is 15.3 Å². The lowest BCUT2D eigenvalue weighted by Crippen LogP contribution is -2.39. The van der Waals surface area contributed by atoms with Crippen LogP contribution in [0.2, 0.25) is 0 Å². The Morgan fingerprint density at radius 3 is 2.60 bits per heavy atom. The minimum atomic E-state index is 0.630. The summed E-state index contributed by atoms with van der Waals surface area (Å²) in [6, 6.07) is 0.630. The van der Waals surface area contributed by atoms with Crippen molar-refractivity contribution >= 4 is 0 Å². The van der Waals surface area contributed by atoms with Crippen LogP contribution < -0.4 is 5.32 Å². The first-order valence-corrected chi connectivity index (χ1v) is 6.55. The van der Waals surface area contributed by atoms with Crippen LogP contribution in [0.25, 0.3) is 0 Å². The van der Waals surface area contributed by atoms with E-state index in [-0.39, 0.29) is 0 Å². The molecule has 0 aromatic heterocycles. The molecular weight excluding hydrogens is 184 g/mol. The van der Waals surface area contributed by atoms with Crippen LogP contribution in [0, 0.1) is 11.8 Å². The summed E-state index contributed by atoms with van der Waals surface area (Å²) in [5, 5.41) is 3.48. The summed E-state index contributed by atoms with van der Waals surface area (Å²) in [7, 11) is 0. The monoisotopic (exact) mass is 212 g/mol. The van der Waals surface area contributed by atoms with E-state index >= 15 is 0 Å². The maximum absolute atomic E-state index is 3.48. The molecule has 2 atom stereocenters. The molecule has 1 rings (SSSR count). The molecule has 0 aromatic carbocycles. The second-order valence-electron chi connectivity index (χ2n) is 5.51.